The highest BCUT2D eigenvalue weighted by Crippen LogP contribution is 2.16. The van der Waals surface area contributed by atoms with E-state index in [0.29, 0.717) is 12.0 Å². The summed E-state index contributed by atoms with van der Waals surface area (Å²) >= 11 is 4.64. The fourth-order valence-electron chi connectivity index (χ4n) is 4.78. The van der Waals surface area contributed by atoms with Crippen molar-refractivity contribution in [3.05, 3.63) is 54.6 Å². The molecule has 256 valence electrons. The number of nitrogens with one attached hydrogen (secondary N) is 2. The largest absolute Gasteiger partial charge is 0.384 e. The molecule has 1 fully saturated rings. The third-order valence-corrected chi connectivity index (χ3v) is 7.73. The Morgan fingerprint density at radius 3 is 2.40 bits per heavy atom. The Morgan fingerprint density at radius 2 is 1.91 bits per heavy atom. The molecule has 1 aromatic rings. The quantitative estimate of drug-likeness (QED) is 0.180. The molecule has 0 aromatic carbocycles. The lowest BCUT2D eigenvalue weighted by Gasteiger charge is -2.37. The number of hydrogen-bond acceptors (Lipinski definition) is 9. The lowest BCUT2D eigenvalue weighted by Crippen LogP contribution is -2.56. The molecule has 11 nitrogen and oxygen atoms in total. The van der Waals surface area contributed by atoms with E-state index in [1.165, 1.54) is 18.3 Å². The van der Waals surface area contributed by atoms with E-state index < -0.39 is 5.91 Å². The summed E-state index contributed by atoms with van der Waals surface area (Å²) in [4.78, 5) is 24.6. The normalized spacial score (nSPS) is 18.3. The zero-order valence-electron chi connectivity index (χ0n) is 29.3. The van der Waals surface area contributed by atoms with Crippen molar-refractivity contribution in [2.24, 2.45) is 22.4 Å². The molecule has 2 atom stereocenters. The number of piperidine rings is 1. The minimum atomic E-state index is -0.607. The van der Waals surface area contributed by atoms with Crippen LogP contribution in [0.2, 0.25) is 0 Å². The molecule has 0 bridgehead atoms. The number of likely N-dealkylation sites (tertiary alicyclic amines) is 1. The average Bonchev–Trinajstić information content (AvgIpc) is 3.62. The molecular formula is C33H61ClN10O. The van der Waals surface area contributed by atoms with Gasteiger partial charge in [0.05, 0.1) is 5.71 Å². The molecule has 12 heteroatoms. The molecule has 3 rings (SSSR count). The summed E-state index contributed by atoms with van der Waals surface area (Å²) in [6.07, 6.45) is 14.0. The minimum Gasteiger partial charge on any atom is -0.384 e. The number of nitrogens with zero attached hydrogens (tertiary/aromatic N) is 6. The van der Waals surface area contributed by atoms with Crippen LogP contribution in [0.4, 0.5) is 0 Å². The standard InChI is InChI=1S/C24H43N7O.C6H9N3.C2H6.CH3Cl/c1-6-17(4)15-31(24-18(5)28-21(23(26)32)22(25)29-24)14-11-27-20-9-12-30(13-10-20)16-19(7-2)8-3;1-3-6(2)9-5-7-4-8-9;2*1-2/h7-8,17,20,24,27,29H,2,6,9-16,25H2,1,3-5H3,(H2,26,32);3-5H,1-2H3;1-2H3;1H3/b19-8+;6-3+;;. The number of carbonyl (C=O) groups is 1. The minimum absolute atomic E-state index is 0.115. The number of carbonyl (C=O) groups excluding carboxylic acids is 1. The molecule has 0 spiro atoms. The molecule has 1 saturated heterocycles. The van der Waals surface area contributed by atoms with Gasteiger partial charge in [-0.15, -0.1) is 11.6 Å². The summed E-state index contributed by atoms with van der Waals surface area (Å²) in [5.74, 6) is 0.188. The summed E-state index contributed by atoms with van der Waals surface area (Å²) in [7, 11) is 0. The summed E-state index contributed by atoms with van der Waals surface area (Å²) in [6.45, 7) is 26.2. The van der Waals surface area contributed by atoms with Crippen molar-refractivity contribution >= 4 is 28.9 Å². The van der Waals surface area contributed by atoms with Gasteiger partial charge in [0.25, 0.3) is 5.91 Å². The number of primary amides is 1. The monoisotopic (exact) mass is 648 g/mol. The van der Waals surface area contributed by atoms with Crippen LogP contribution in [0, 0.1) is 5.92 Å². The van der Waals surface area contributed by atoms with E-state index in [4.69, 9.17) is 11.5 Å². The highest BCUT2D eigenvalue weighted by molar-refractivity contribution is 6.15. The smallest absolute Gasteiger partial charge is 0.271 e. The second kappa shape index (κ2) is 24.3. The van der Waals surface area contributed by atoms with Crippen molar-refractivity contribution in [1.29, 1.82) is 0 Å². The second-order valence-electron chi connectivity index (χ2n) is 10.8. The van der Waals surface area contributed by atoms with Crippen LogP contribution in [0.5, 0.6) is 0 Å². The van der Waals surface area contributed by atoms with Crippen molar-refractivity contribution in [3.63, 3.8) is 0 Å². The number of hydrogen-bond donors (Lipinski definition) is 4. The molecule has 3 heterocycles. The Morgan fingerprint density at radius 1 is 1.27 bits per heavy atom. The van der Waals surface area contributed by atoms with E-state index in [9.17, 15) is 4.79 Å². The second-order valence-corrected chi connectivity index (χ2v) is 10.8. The van der Waals surface area contributed by atoms with Gasteiger partial charge < -0.3 is 22.1 Å². The Balaban J connectivity index is 0.00000125. The van der Waals surface area contributed by atoms with Crippen LogP contribution >= 0.6 is 11.6 Å². The van der Waals surface area contributed by atoms with Crippen LogP contribution < -0.4 is 22.1 Å². The molecule has 45 heavy (non-hydrogen) atoms. The van der Waals surface area contributed by atoms with Gasteiger partial charge in [0.2, 0.25) is 0 Å². The van der Waals surface area contributed by atoms with Crippen molar-refractivity contribution < 1.29 is 4.79 Å². The van der Waals surface area contributed by atoms with Gasteiger partial charge in [-0.05, 0) is 65.1 Å². The fourth-order valence-corrected chi connectivity index (χ4v) is 4.78. The van der Waals surface area contributed by atoms with E-state index in [1.807, 2.05) is 46.8 Å². The van der Waals surface area contributed by atoms with E-state index in [1.54, 1.807) is 11.0 Å². The summed E-state index contributed by atoms with van der Waals surface area (Å²) in [6, 6.07) is 0.537. The van der Waals surface area contributed by atoms with E-state index in [-0.39, 0.29) is 17.7 Å². The first-order valence-electron chi connectivity index (χ1n) is 16.1. The van der Waals surface area contributed by atoms with Gasteiger partial charge in [-0.2, -0.15) is 5.10 Å². The molecule has 1 amide bonds. The van der Waals surface area contributed by atoms with E-state index in [2.05, 4.69) is 80.5 Å². The van der Waals surface area contributed by atoms with Gasteiger partial charge in [0.15, 0.2) is 5.70 Å². The molecule has 0 saturated carbocycles. The molecule has 1 aromatic heterocycles. The Kier molecular flexibility index (Phi) is 22.7. The van der Waals surface area contributed by atoms with Crippen molar-refractivity contribution in [2.45, 2.75) is 86.9 Å². The van der Waals surface area contributed by atoms with Crippen LogP contribution in [0.3, 0.4) is 0 Å². The maximum atomic E-state index is 11.6. The first-order chi connectivity index (χ1) is 21.6. The highest BCUT2D eigenvalue weighted by atomic mass is 35.5. The van der Waals surface area contributed by atoms with Gasteiger partial charge in [-0.25, -0.2) is 14.7 Å². The topological polar surface area (TPSA) is 143 Å². The predicted molar refractivity (Wildman–Crippen MR) is 192 cm³/mol. The number of aromatic nitrogens is 3. The number of nitrogens with two attached hydrogens (primary N) is 2. The summed E-state index contributed by atoms with van der Waals surface area (Å²) in [5.41, 5.74) is 14.8. The van der Waals surface area contributed by atoms with Crippen LogP contribution in [0.1, 0.15) is 74.7 Å². The fraction of sp³-hybridized carbons (Fsp3) is 0.636. The third kappa shape index (κ3) is 15.2. The lowest BCUT2D eigenvalue weighted by atomic mass is 10.0. The molecule has 2 aliphatic heterocycles. The molecule has 6 N–H and O–H groups in total. The molecule has 0 radical (unpaired) electrons. The SMILES string of the molecule is C/C=C(\C)n1cncn1.C=C/C(=C\C)CN1CCC(NCCN(CC(C)CC)C2NC(N)=C(C(N)=O)N=C2C)CC1.CC.CCl. The van der Waals surface area contributed by atoms with Crippen LogP contribution in [0.15, 0.2) is 59.5 Å². The van der Waals surface area contributed by atoms with Crippen molar-refractivity contribution in [1.82, 2.24) is 35.2 Å². The van der Waals surface area contributed by atoms with Crippen LogP contribution in [-0.4, -0.2) is 94.0 Å². The predicted octanol–water partition coefficient (Wildman–Crippen LogP) is 4.56. The number of alkyl halides is 1. The summed E-state index contributed by atoms with van der Waals surface area (Å²) < 4.78 is 1.72. The maximum absolute atomic E-state index is 11.6. The van der Waals surface area contributed by atoms with Crippen molar-refractivity contribution in [3.8, 4) is 0 Å². The van der Waals surface area contributed by atoms with Gasteiger partial charge in [-0.1, -0.05) is 58.9 Å². The van der Waals surface area contributed by atoms with Crippen LogP contribution in [0.25, 0.3) is 5.70 Å². The first kappa shape index (κ1) is 42.0. The molecule has 2 aliphatic rings. The van der Waals surface area contributed by atoms with Crippen LogP contribution in [-0.2, 0) is 4.79 Å². The van der Waals surface area contributed by atoms with Gasteiger partial charge in [0, 0.05) is 44.3 Å². The van der Waals surface area contributed by atoms with E-state index >= 15 is 0 Å². The zero-order valence-corrected chi connectivity index (χ0v) is 30.1. The zero-order chi connectivity index (χ0) is 34.4. The molecule has 0 aliphatic carbocycles. The first-order valence-corrected chi connectivity index (χ1v) is 16.8. The lowest BCUT2D eigenvalue weighted by molar-refractivity contribution is -0.114. The Bertz CT molecular complexity index is 1090. The molecular weight excluding hydrogens is 588 g/mol. The number of aliphatic imine (C=N–C) groups is 1. The number of halogens is 1. The summed E-state index contributed by atoms with van der Waals surface area (Å²) in [5, 5.41) is 10.9. The Labute approximate surface area is 277 Å². The van der Waals surface area contributed by atoms with Gasteiger partial charge in [-0.3, -0.25) is 14.6 Å². The maximum Gasteiger partial charge on any atom is 0.271 e. The molecule has 2 unspecified atom stereocenters. The number of amides is 1. The van der Waals surface area contributed by atoms with Crippen molar-refractivity contribution in [2.75, 3.05) is 45.7 Å². The van der Waals surface area contributed by atoms with E-state index in [0.717, 1.165) is 69.9 Å². The third-order valence-electron chi connectivity index (χ3n) is 7.73. The number of rotatable bonds is 13. The Hall–Kier alpha value is -2.99. The highest BCUT2D eigenvalue weighted by Gasteiger charge is 2.28. The van der Waals surface area contributed by atoms with Gasteiger partial charge >= 0.3 is 0 Å². The van der Waals surface area contributed by atoms with Gasteiger partial charge in [0.1, 0.15) is 24.6 Å². The number of allylic oxidation sites excluding steroid dienone is 3. The average molecular weight is 649 g/mol.